The molecule has 1 saturated heterocycles. The maximum atomic E-state index is 11.9. The second kappa shape index (κ2) is 7.40. The van der Waals surface area contributed by atoms with Crippen molar-refractivity contribution in [3.63, 3.8) is 0 Å². The van der Waals surface area contributed by atoms with Gasteiger partial charge < -0.3 is 4.90 Å². The molecule has 0 N–H and O–H groups in total. The van der Waals surface area contributed by atoms with Gasteiger partial charge in [0.1, 0.15) is 11.6 Å². The summed E-state index contributed by atoms with van der Waals surface area (Å²) in [5, 5.41) is 5.35. The van der Waals surface area contributed by atoms with Gasteiger partial charge >= 0.3 is 0 Å². The average molecular weight is 365 g/mol. The predicted molar refractivity (Wildman–Crippen MR) is 104 cm³/mol. The van der Waals surface area contributed by atoms with Crippen LogP contribution in [0.25, 0.3) is 10.9 Å². The molecule has 4 rings (SSSR count). The molecule has 0 radical (unpaired) electrons. The Hall–Kier alpha value is -2.87. The van der Waals surface area contributed by atoms with Gasteiger partial charge in [0.05, 0.1) is 24.0 Å². The highest BCUT2D eigenvalue weighted by atomic mass is 16.1. The minimum atomic E-state index is -0.0456. The Kier molecular flexibility index (Phi) is 4.81. The van der Waals surface area contributed by atoms with Gasteiger partial charge in [-0.15, -0.1) is 0 Å². The number of aromatic nitrogens is 5. The average Bonchev–Trinajstić information content (AvgIpc) is 2.68. The van der Waals surface area contributed by atoms with Crippen molar-refractivity contribution >= 4 is 16.7 Å². The van der Waals surface area contributed by atoms with Crippen molar-refractivity contribution in [1.82, 2.24) is 29.6 Å². The molecule has 0 amide bonds. The SMILES string of the molecule is Cc1ccc(=O)n(CCN2CCN(c3nc(C)nc4cnccc34)CC2)n1. The van der Waals surface area contributed by atoms with Crippen LogP contribution in [0.1, 0.15) is 11.5 Å². The second-order valence-electron chi connectivity index (χ2n) is 6.85. The maximum Gasteiger partial charge on any atom is 0.266 e. The zero-order valence-corrected chi connectivity index (χ0v) is 15.7. The molecule has 0 bridgehead atoms. The monoisotopic (exact) mass is 365 g/mol. The van der Waals surface area contributed by atoms with E-state index in [4.69, 9.17) is 0 Å². The molecule has 0 atom stereocenters. The Morgan fingerprint density at radius 3 is 2.63 bits per heavy atom. The van der Waals surface area contributed by atoms with Gasteiger partial charge in [0, 0.05) is 50.4 Å². The fourth-order valence-electron chi connectivity index (χ4n) is 3.45. The van der Waals surface area contributed by atoms with E-state index in [0.717, 1.165) is 61.0 Å². The molecule has 0 spiro atoms. The van der Waals surface area contributed by atoms with Gasteiger partial charge in [-0.25, -0.2) is 14.6 Å². The molecule has 1 aliphatic rings. The Bertz CT molecular complexity index is 1010. The molecule has 140 valence electrons. The highest BCUT2D eigenvalue weighted by Crippen LogP contribution is 2.24. The number of pyridine rings is 1. The lowest BCUT2D eigenvalue weighted by atomic mass is 10.2. The number of anilines is 1. The lowest BCUT2D eigenvalue weighted by molar-refractivity contribution is 0.242. The van der Waals surface area contributed by atoms with Gasteiger partial charge in [-0.3, -0.25) is 14.7 Å². The van der Waals surface area contributed by atoms with E-state index >= 15 is 0 Å². The van der Waals surface area contributed by atoms with Crippen molar-refractivity contribution in [2.45, 2.75) is 20.4 Å². The van der Waals surface area contributed by atoms with Crippen molar-refractivity contribution in [3.8, 4) is 0 Å². The van der Waals surface area contributed by atoms with Crippen molar-refractivity contribution in [1.29, 1.82) is 0 Å². The smallest absolute Gasteiger partial charge is 0.266 e. The molecule has 27 heavy (non-hydrogen) atoms. The van der Waals surface area contributed by atoms with E-state index in [-0.39, 0.29) is 5.56 Å². The first-order valence-corrected chi connectivity index (χ1v) is 9.20. The molecule has 1 aliphatic heterocycles. The third-order valence-corrected chi connectivity index (χ3v) is 4.89. The normalized spacial score (nSPS) is 15.4. The molecule has 3 aromatic rings. The van der Waals surface area contributed by atoms with Crippen LogP contribution < -0.4 is 10.5 Å². The minimum Gasteiger partial charge on any atom is -0.353 e. The van der Waals surface area contributed by atoms with E-state index in [1.54, 1.807) is 29.2 Å². The summed E-state index contributed by atoms with van der Waals surface area (Å²) in [5.74, 6) is 1.74. The van der Waals surface area contributed by atoms with E-state index in [9.17, 15) is 4.79 Å². The van der Waals surface area contributed by atoms with Crippen LogP contribution in [0.15, 0.2) is 35.4 Å². The van der Waals surface area contributed by atoms with Gasteiger partial charge in [0.2, 0.25) is 0 Å². The van der Waals surface area contributed by atoms with Gasteiger partial charge in [-0.2, -0.15) is 5.10 Å². The van der Waals surface area contributed by atoms with Crippen molar-refractivity contribution in [2.75, 3.05) is 37.6 Å². The predicted octanol–water partition coefficient (Wildman–Crippen LogP) is 1.02. The van der Waals surface area contributed by atoms with E-state index < -0.39 is 0 Å². The van der Waals surface area contributed by atoms with Crippen molar-refractivity contribution in [2.24, 2.45) is 0 Å². The first-order chi connectivity index (χ1) is 13.1. The number of piperazine rings is 1. The lowest BCUT2D eigenvalue weighted by Crippen LogP contribution is -2.48. The summed E-state index contributed by atoms with van der Waals surface area (Å²) in [5.41, 5.74) is 1.70. The van der Waals surface area contributed by atoms with Crippen LogP contribution in [-0.4, -0.2) is 62.4 Å². The molecular weight excluding hydrogens is 342 g/mol. The molecule has 3 aromatic heterocycles. The summed E-state index contributed by atoms with van der Waals surface area (Å²) in [6, 6.07) is 5.31. The molecule has 0 aromatic carbocycles. The highest BCUT2D eigenvalue weighted by molar-refractivity contribution is 5.88. The number of nitrogens with zero attached hydrogens (tertiary/aromatic N) is 7. The van der Waals surface area contributed by atoms with Crippen molar-refractivity contribution in [3.05, 3.63) is 52.5 Å². The van der Waals surface area contributed by atoms with Crippen LogP contribution in [-0.2, 0) is 6.54 Å². The zero-order valence-electron chi connectivity index (χ0n) is 15.7. The molecule has 0 aliphatic carbocycles. The minimum absolute atomic E-state index is 0.0456. The van der Waals surface area contributed by atoms with Crippen LogP contribution in [0, 0.1) is 13.8 Å². The molecule has 1 fully saturated rings. The van der Waals surface area contributed by atoms with E-state index in [1.165, 1.54) is 0 Å². The number of aryl methyl sites for hydroxylation is 2. The molecule has 0 saturated carbocycles. The highest BCUT2D eigenvalue weighted by Gasteiger charge is 2.20. The van der Waals surface area contributed by atoms with Crippen LogP contribution in [0.3, 0.4) is 0 Å². The summed E-state index contributed by atoms with van der Waals surface area (Å²) in [7, 11) is 0. The number of hydrogen-bond donors (Lipinski definition) is 0. The van der Waals surface area contributed by atoms with Crippen LogP contribution in [0.4, 0.5) is 5.82 Å². The summed E-state index contributed by atoms with van der Waals surface area (Å²) < 4.78 is 1.55. The Morgan fingerprint density at radius 1 is 1.00 bits per heavy atom. The fraction of sp³-hybridized carbons (Fsp3) is 0.421. The van der Waals surface area contributed by atoms with E-state index in [0.29, 0.717) is 6.54 Å². The van der Waals surface area contributed by atoms with Gasteiger partial charge in [-0.05, 0) is 26.0 Å². The first-order valence-electron chi connectivity index (χ1n) is 9.20. The zero-order chi connectivity index (χ0) is 18.8. The lowest BCUT2D eigenvalue weighted by Gasteiger charge is -2.35. The number of hydrogen-bond acceptors (Lipinski definition) is 7. The molecule has 0 unspecified atom stereocenters. The fourth-order valence-corrected chi connectivity index (χ4v) is 3.45. The molecule has 4 heterocycles. The number of fused-ring (bicyclic) bond motifs is 1. The number of rotatable bonds is 4. The van der Waals surface area contributed by atoms with E-state index in [2.05, 4.69) is 29.9 Å². The van der Waals surface area contributed by atoms with E-state index in [1.807, 2.05) is 19.9 Å². The second-order valence-corrected chi connectivity index (χ2v) is 6.85. The standard InChI is InChI=1S/C19H23N7O/c1-14-3-4-18(27)26(23-14)12-9-24-7-10-25(11-8-24)19-16-5-6-20-13-17(16)21-15(2)22-19/h3-6,13H,7-12H2,1-2H3. The Morgan fingerprint density at radius 2 is 1.81 bits per heavy atom. The maximum absolute atomic E-state index is 11.9. The molecule has 8 nitrogen and oxygen atoms in total. The summed E-state index contributed by atoms with van der Waals surface area (Å²) >= 11 is 0. The van der Waals surface area contributed by atoms with Crippen LogP contribution in [0.5, 0.6) is 0 Å². The third-order valence-electron chi connectivity index (χ3n) is 4.89. The topological polar surface area (TPSA) is 80.0 Å². The summed E-state index contributed by atoms with van der Waals surface area (Å²) in [4.78, 5) is 29.9. The largest absolute Gasteiger partial charge is 0.353 e. The molecular formula is C19H23N7O. The van der Waals surface area contributed by atoms with Crippen molar-refractivity contribution < 1.29 is 0 Å². The summed E-state index contributed by atoms with van der Waals surface area (Å²) in [6.45, 7) is 8.89. The Labute approximate surface area is 157 Å². The quantitative estimate of drug-likeness (QED) is 0.683. The Balaban J connectivity index is 1.42. The van der Waals surface area contributed by atoms with Gasteiger partial charge in [-0.1, -0.05) is 0 Å². The van der Waals surface area contributed by atoms with Gasteiger partial charge in [0.15, 0.2) is 0 Å². The first kappa shape index (κ1) is 17.5. The van der Waals surface area contributed by atoms with Crippen LogP contribution in [0.2, 0.25) is 0 Å². The summed E-state index contributed by atoms with van der Waals surface area (Å²) in [6.07, 6.45) is 3.57. The molecule has 8 heteroatoms. The third kappa shape index (κ3) is 3.80. The van der Waals surface area contributed by atoms with Gasteiger partial charge in [0.25, 0.3) is 5.56 Å². The van der Waals surface area contributed by atoms with Crippen LogP contribution >= 0.6 is 0 Å².